The number of aliphatic imine (C=N–C) groups is 1. The maximum Gasteiger partial charge on any atom is 0.193 e. The molecule has 5 nitrogen and oxygen atoms in total. The molecule has 3 atom stereocenters. The maximum atomic E-state index is 5.70. The average Bonchev–Trinajstić information content (AvgIpc) is 3.42. The van der Waals surface area contributed by atoms with Gasteiger partial charge in [0.25, 0.3) is 0 Å². The summed E-state index contributed by atoms with van der Waals surface area (Å²) in [5, 5.41) is 5.76. The highest BCUT2D eigenvalue weighted by Gasteiger charge is 2.42. The third kappa shape index (κ3) is 4.17. The lowest BCUT2D eigenvalue weighted by molar-refractivity contribution is 0.128. The van der Waals surface area contributed by atoms with Crippen LogP contribution in [0.15, 0.2) is 22.5 Å². The van der Waals surface area contributed by atoms with Crippen LogP contribution in [0.1, 0.15) is 43.5 Å². The third-order valence-electron chi connectivity index (χ3n) is 6.58. The highest BCUT2D eigenvalue weighted by molar-refractivity contribution is 7.10. The smallest absolute Gasteiger partial charge is 0.193 e. The second-order valence-corrected chi connectivity index (χ2v) is 9.49. The van der Waals surface area contributed by atoms with Gasteiger partial charge >= 0.3 is 0 Å². The van der Waals surface area contributed by atoms with E-state index in [9.17, 15) is 0 Å². The molecule has 150 valence electrons. The van der Waals surface area contributed by atoms with E-state index in [0.717, 1.165) is 45.4 Å². The first-order valence-electron chi connectivity index (χ1n) is 10.6. The Morgan fingerprint density at radius 3 is 3.07 bits per heavy atom. The molecule has 0 bridgehead atoms. The van der Waals surface area contributed by atoms with Crippen LogP contribution in [-0.2, 0) is 4.74 Å². The Morgan fingerprint density at radius 2 is 2.33 bits per heavy atom. The van der Waals surface area contributed by atoms with Crippen LogP contribution >= 0.6 is 11.3 Å². The molecule has 3 aliphatic rings. The summed E-state index contributed by atoms with van der Waals surface area (Å²) in [6.07, 6.45) is 4.99. The van der Waals surface area contributed by atoms with Crippen molar-refractivity contribution in [2.45, 2.75) is 38.6 Å². The zero-order valence-corrected chi connectivity index (χ0v) is 17.6. The molecule has 1 aromatic heterocycles. The van der Waals surface area contributed by atoms with Crippen LogP contribution in [0.4, 0.5) is 0 Å². The fourth-order valence-corrected chi connectivity index (χ4v) is 6.06. The highest BCUT2D eigenvalue weighted by atomic mass is 32.1. The molecule has 0 radical (unpaired) electrons. The number of piperidine rings is 1. The molecule has 6 heteroatoms. The molecule has 4 heterocycles. The van der Waals surface area contributed by atoms with Gasteiger partial charge in [0.1, 0.15) is 0 Å². The van der Waals surface area contributed by atoms with Crippen LogP contribution in [0.3, 0.4) is 0 Å². The first-order chi connectivity index (χ1) is 13.2. The molecular formula is C21H34N4OS. The van der Waals surface area contributed by atoms with E-state index in [1.165, 1.54) is 37.1 Å². The van der Waals surface area contributed by atoms with Crippen LogP contribution in [-0.4, -0.2) is 68.7 Å². The van der Waals surface area contributed by atoms with E-state index in [1.807, 2.05) is 11.3 Å². The molecule has 0 amide bonds. The Bertz CT molecular complexity index is 626. The van der Waals surface area contributed by atoms with Gasteiger partial charge in [-0.2, -0.15) is 0 Å². The molecule has 3 saturated heterocycles. The minimum Gasteiger partial charge on any atom is -0.381 e. The van der Waals surface area contributed by atoms with Crippen LogP contribution in [0.2, 0.25) is 0 Å². The standard InChI is InChI=1S/C21H34N4OS/c1-3-22-20(25-11-8-21(15-25)9-12-26-16-21)23-14-17-6-4-10-24(2)19(17)18-7-5-13-27-18/h5,7,13,17,19H,3-4,6,8-12,14-16H2,1-2H3,(H,22,23). The number of guanidine groups is 1. The van der Waals surface area contributed by atoms with Crippen LogP contribution in [0, 0.1) is 11.3 Å². The second kappa shape index (κ2) is 8.50. The Balaban J connectivity index is 1.46. The lowest BCUT2D eigenvalue weighted by Gasteiger charge is -2.38. The summed E-state index contributed by atoms with van der Waals surface area (Å²) < 4.78 is 5.70. The van der Waals surface area contributed by atoms with E-state index in [-0.39, 0.29) is 0 Å². The molecule has 3 fully saturated rings. The summed E-state index contributed by atoms with van der Waals surface area (Å²) in [7, 11) is 2.27. The van der Waals surface area contributed by atoms with Gasteiger partial charge in [0.15, 0.2) is 5.96 Å². The summed E-state index contributed by atoms with van der Waals surface area (Å²) in [5.41, 5.74) is 0.376. The van der Waals surface area contributed by atoms with Gasteiger partial charge in [0, 0.05) is 49.1 Å². The van der Waals surface area contributed by atoms with Crippen LogP contribution < -0.4 is 5.32 Å². The van der Waals surface area contributed by atoms with E-state index in [0.29, 0.717) is 17.4 Å². The van der Waals surface area contributed by atoms with E-state index in [1.54, 1.807) is 0 Å². The summed E-state index contributed by atoms with van der Waals surface area (Å²) >= 11 is 1.89. The zero-order valence-electron chi connectivity index (χ0n) is 16.8. The normalized spacial score (nSPS) is 32.5. The van der Waals surface area contributed by atoms with Gasteiger partial charge in [-0.15, -0.1) is 11.3 Å². The first-order valence-corrected chi connectivity index (χ1v) is 11.4. The first kappa shape index (κ1) is 19.2. The SMILES string of the molecule is CCNC(=NCC1CCCN(C)C1c1cccs1)N1CCC2(CCOC2)C1. The number of nitrogens with zero attached hydrogens (tertiary/aromatic N) is 3. The predicted molar refractivity (Wildman–Crippen MR) is 112 cm³/mol. The van der Waals surface area contributed by atoms with Gasteiger partial charge in [0.2, 0.25) is 0 Å². The molecule has 3 aliphatic heterocycles. The molecule has 1 spiro atoms. The van der Waals surface area contributed by atoms with Gasteiger partial charge in [-0.25, -0.2) is 0 Å². The lowest BCUT2D eigenvalue weighted by Crippen LogP contribution is -2.42. The third-order valence-corrected chi connectivity index (χ3v) is 7.52. The minimum absolute atomic E-state index is 0.376. The molecule has 1 aromatic rings. The van der Waals surface area contributed by atoms with E-state index in [4.69, 9.17) is 9.73 Å². The number of thiophene rings is 1. The highest BCUT2D eigenvalue weighted by Crippen LogP contribution is 2.39. The Morgan fingerprint density at radius 1 is 1.41 bits per heavy atom. The van der Waals surface area contributed by atoms with Crippen molar-refractivity contribution in [2.24, 2.45) is 16.3 Å². The number of rotatable bonds is 4. The quantitative estimate of drug-likeness (QED) is 0.633. The zero-order chi connectivity index (χ0) is 18.7. The largest absolute Gasteiger partial charge is 0.381 e. The van der Waals surface area contributed by atoms with Crippen molar-refractivity contribution in [3.8, 4) is 0 Å². The minimum atomic E-state index is 0.376. The van der Waals surface area contributed by atoms with Crippen molar-refractivity contribution < 1.29 is 4.74 Å². The van der Waals surface area contributed by atoms with Gasteiger partial charge in [-0.3, -0.25) is 9.89 Å². The van der Waals surface area contributed by atoms with Gasteiger partial charge in [0.05, 0.1) is 6.61 Å². The van der Waals surface area contributed by atoms with Gasteiger partial charge in [-0.05, 0) is 63.6 Å². The number of ether oxygens (including phenoxy) is 1. The Labute approximate surface area is 167 Å². The predicted octanol–water partition coefficient (Wildman–Crippen LogP) is 3.21. The molecule has 1 N–H and O–H groups in total. The van der Waals surface area contributed by atoms with Crippen LogP contribution in [0.5, 0.6) is 0 Å². The number of likely N-dealkylation sites (tertiary alicyclic amines) is 2. The Hall–Kier alpha value is -1.11. The number of hydrogen-bond acceptors (Lipinski definition) is 4. The van der Waals surface area contributed by atoms with Crippen molar-refractivity contribution in [3.05, 3.63) is 22.4 Å². The second-order valence-electron chi connectivity index (χ2n) is 8.51. The van der Waals surface area contributed by atoms with Gasteiger partial charge < -0.3 is 15.0 Å². The molecule has 4 rings (SSSR count). The van der Waals surface area contributed by atoms with Crippen molar-refractivity contribution in [2.75, 3.05) is 53.0 Å². The molecule has 0 aliphatic carbocycles. The van der Waals surface area contributed by atoms with Crippen molar-refractivity contribution in [1.29, 1.82) is 0 Å². The molecule has 3 unspecified atom stereocenters. The molecule has 0 saturated carbocycles. The summed E-state index contributed by atoms with van der Waals surface area (Å²) in [5.74, 6) is 1.71. The molecule has 27 heavy (non-hydrogen) atoms. The fourth-order valence-electron chi connectivity index (χ4n) is 5.08. The van der Waals surface area contributed by atoms with E-state index < -0.39 is 0 Å². The van der Waals surface area contributed by atoms with Crippen molar-refractivity contribution in [3.63, 3.8) is 0 Å². The molecular weight excluding hydrogens is 356 g/mol. The van der Waals surface area contributed by atoms with Gasteiger partial charge in [-0.1, -0.05) is 6.07 Å². The topological polar surface area (TPSA) is 40.1 Å². The summed E-state index contributed by atoms with van der Waals surface area (Å²) in [4.78, 5) is 11.6. The fraction of sp³-hybridized carbons (Fsp3) is 0.762. The summed E-state index contributed by atoms with van der Waals surface area (Å²) in [6.45, 7) is 9.26. The van der Waals surface area contributed by atoms with Crippen molar-refractivity contribution in [1.82, 2.24) is 15.1 Å². The molecule has 0 aromatic carbocycles. The van der Waals surface area contributed by atoms with Crippen molar-refractivity contribution >= 4 is 17.3 Å². The number of hydrogen-bond donors (Lipinski definition) is 1. The lowest BCUT2D eigenvalue weighted by atomic mass is 9.87. The van der Waals surface area contributed by atoms with Crippen LogP contribution in [0.25, 0.3) is 0 Å². The van der Waals surface area contributed by atoms with E-state index in [2.05, 4.69) is 46.6 Å². The average molecular weight is 391 g/mol. The van der Waals surface area contributed by atoms with E-state index >= 15 is 0 Å². The monoisotopic (exact) mass is 390 g/mol. The Kier molecular flexibility index (Phi) is 6.05. The maximum absolute atomic E-state index is 5.70. The number of nitrogens with one attached hydrogen (secondary N) is 1. The summed E-state index contributed by atoms with van der Waals surface area (Å²) in [6, 6.07) is 4.99.